The van der Waals surface area contributed by atoms with E-state index in [4.69, 9.17) is 4.74 Å². The Morgan fingerprint density at radius 3 is 2.40 bits per heavy atom. The second-order valence-electron chi connectivity index (χ2n) is 6.83. The Morgan fingerprint density at radius 1 is 1.15 bits per heavy atom. The fourth-order valence-corrected chi connectivity index (χ4v) is 2.18. The van der Waals surface area contributed by atoms with Gasteiger partial charge in [-0.2, -0.15) is 0 Å². The third kappa shape index (κ3) is 5.54. The lowest BCUT2D eigenvalue weighted by atomic mass is 9.85. The number of aryl methyl sites for hydroxylation is 1. The van der Waals surface area contributed by atoms with Gasteiger partial charge in [0, 0.05) is 0 Å². The van der Waals surface area contributed by atoms with Gasteiger partial charge in [0.15, 0.2) is 0 Å². The molecule has 2 heteroatoms. The molecule has 1 aromatic carbocycles. The van der Waals surface area contributed by atoms with Crippen molar-refractivity contribution in [3.05, 3.63) is 29.3 Å². The molecule has 0 radical (unpaired) electrons. The number of hydrogen-bond donors (Lipinski definition) is 0. The van der Waals surface area contributed by atoms with Gasteiger partial charge in [-0.25, -0.2) is 0 Å². The first kappa shape index (κ1) is 17.0. The second-order valence-corrected chi connectivity index (χ2v) is 6.83. The van der Waals surface area contributed by atoms with Gasteiger partial charge in [-0.05, 0) is 62.5 Å². The summed E-state index contributed by atoms with van der Waals surface area (Å²) in [6.07, 6.45) is 3.31. The summed E-state index contributed by atoms with van der Waals surface area (Å²) in [6, 6.07) is 6.70. The molecule has 0 N–H and O–H groups in total. The second kappa shape index (κ2) is 7.68. The number of ether oxygens (including phenoxy) is 1. The topological polar surface area (TPSA) is 12.5 Å². The van der Waals surface area contributed by atoms with Crippen molar-refractivity contribution in [2.45, 2.75) is 52.4 Å². The van der Waals surface area contributed by atoms with Crippen LogP contribution in [0.15, 0.2) is 18.2 Å². The molecule has 0 fully saturated rings. The average Bonchev–Trinajstić information content (AvgIpc) is 2.35. The molecule has 1 aromatic rings. The van der Waals surface area contributed by atoms with Crippen LogP contribution in [0.2, 0.25) is 0 Å². The van der Waals surface area contributed by atoms with Crippen LogP contribution in [0.3, 0.4) is 0 Å². The minimum absolute atomic E-state index is 0.194. The molecule has 0 bridgehead atoms. The molecule has 0 aliphatic carbocycles. The van der Waals surface area contributed by atoms with Gasteiger partial charge in [-0.1, -0.05) is 39.8 Å². The molecule has 0 heterocycles. The summed E-state index contributed by atoms with van der Waals surface area (Å²) in [5, 5.41) is 0. The van der Waals surface area contributed by atoms with Gasteiger partial charge in [0.1, 0.15) is 5.75 Å². The number of nitrogens with zero attached hydrogens (tertiary/aromatic N) is 1. The van der Waals surface area contributed by atoms with E-state index >= 15 is 0 Å². The number of hydrogen-bond acceptors (Lipinski definition) is 2. The zero-order valence-electron chi connectivity index (χ0n) is 14.1. The molecule has 20 heavy (non-hydrogen) atoms. The van der Waals surface area contributed by atoms with Gasteiger partial charge in [-0.3, -0.25) is 0 Å². The van der Waals surface area contributed by atoms with Crippen LogP contribution in [0.5, 0.6) is 5.75 Å². The van der Waals surface area contributed by atoms with Gasteiger partial charge in [-0.15, -0.1) is 0 Å². The Labute approximate surface area is 125 Å². The highest BCUT2D eigenvalue weighted by atomic mass is 16.5. The van der Waals surface area contributed by atoms with E-state index in [-0.39, 0.29) is 5.41 Å². The first-order valence-electron chi connectivity index (χ1n) is 7.75. The van der Waals surface area contributed by atoms with Crippen molar-refractivity contribution in [3.8, 4) is 5.75 Å². The van der Waals surface area contributed by atoms with Gasteiger partial charge >= 0.3 is 0 Å². The molecule has 0 aliphatic rings. The van der Waals surface area contributed by atoms with E-state index in [1.807, 2.05) is 0 Å². The van der Waals surface area contributed by atoms with E-state index in [1.165, 1.54) is 17.5 Å². The molecule has 0 unspecified atom stereocenters. The van der Waals surface area contributed by atoms with Crippen LogP contribution >= 0.6 is 0 Å². The Hall–Kier alpha value is -1.02. The number of rotatable bonds is 7. The summed E-state index contributed by atoms with van der Waals surface area (Å²) in [7, 11) is 4.25. The van der Waals surface area contributed by atoms with Crippen LogP contribution in [-0.4, -0.2) is 32.1 Å². The zero-order valence-corrected chi connectivity index (χ0v) is 14.1. The normalized spacial score (nSPS) is 11.9. The van der Waals surface area contributed by atoms with Crippen molar-refractivity contribution in [1.82, 2.24) is 4.90 Å². The Balaban J connectivity index is 2.88. The first-order chi connectivity index (χ1) is 9.34. The van der Waals surface area contributed by atoms with E-state index < -0.39 is 0 Å². The minimum Gasteiger partial charge on any atom is -0.493 e. The Bertz CT molecular complexity index is 404. The maximum absolute atomic E-state index is 5.90. The summed E-state index contributed by atoms with van der Waals surface area (Å²) < 4.78 is 5.90. The standard InChI is InChI=1S/C18H31NO/c1-7-13-20-17-11-10-16(18(2,3)4)14-15(17)9-8-12-19(5)6/h10-11,14H,7-9,12-13H2,1-6H3. The fourth-order valence-electron chi connectivity index (χ4n) is 2.18. The van der Waals surface area contributed by atoms with Gasteiger partial charge in [0.2, 0.25) is 0 Å². The third-order valence-corrected chi connectivity index (χ3v) is 3.44. The summed E-state index contributed by atoms with van der Waals surface area (Å²) in [4.78, 5) is 2.24. The van der Waals surface area contributed by atoms with Crippen molar-refractivity contribution < 1.29 is 4.74 Å². The predicted octanol–water partition coefficient (Wildman–Crippen LogP) is 4.27. The van der Waals surface area contributed by atoms with Crippen LogP contribution in [0.1, 0.15) is 51.7 Å². The SMILES string of the molecule is CCCOc1ccc(C(C)(C)C)cc1CCCN(C)C. The Morgan fingerprint density at radius 2 is 1.85 bits per heavy atom. The predicted molar refractivity (Wildman–Crippen MR) is 87.8 cm³/mol. The molecular formula is C18H31NO. The van der Waals surface area contributed by atoms with Gasteiger partial charge in [0.05, 0.1) is 6.61 Å². The average molecular weight is 277 g/mol. The molecule has 0 aliphatic heterocycles. The molecule has 0 spiro atoms. The first-order valence-corrected chi connectivity index (χ1v) is 7.75. The lowest BCUT2D eigenvalue weighted by Gasteiger charge is -2.22. The molecule has 0 atom stereocenters. The highest BCUT2D eigenvalue weighted by Crippen LogP contribution is 2.29. The minimum atomic E-state index is 0.194. The van der Waals surface area contributed by atoms with E-state index in [0.29, 0.717) is 0 Å². The summed E-state index contributed by atoms with van der Waals surface area (Å²) in [5.74, 6) is 1.07. The smallest absolute Gasteiger partial charge is 0.122 e. The largest absolute Gasteiger partial charge is 0.493 e. The fraction of sp³-hybridized carbons (Fsp3) is 0.667. The maximum Gasteiger partial charge on any atom is 0.122 e. The van der Waals surface area contributed by atoms with Crippen LogP contribution in [0, 0.1) is 0 Å². The van der Waals surface area contributed by atoms with E-state index in [2.05, 4.69) is 64.9 Å². The van der Waals surface area contributed by atoms with Crippen molar-refractivity contribution in [1.29, 1.82) is 0 Å². The molecule has 2 nitrogen and oxygen atoms in total. The highest BCUT2D eigenvalue weighted by molar-refractivity contribution is 5.39. The van der Waals surface area contributed by atoms with Crippen LogP contribution in [0.4, 0.5) is 0 Å². The van der Waals surface area contributed by atoms with Crippen molar-refractivity contribution >= 4 is 0 Å². The molecule has 0 saturated carbocycles. The van der Waals surface area contributed by atoms with Crippen molar-refractivity contribution in [2.24, 2.45) is 0 Å². The lowest BCUT2D eigenvalue weighted by molar-refractivity contribution is 0.312. The van der Waals surface area contributed by atoms with E-state index in [9.17, 15) is 0 Å². The van der Waals surface area contributed by atoms with Crippen LogP contribution in [-0.2, 0) is 11.8 Å². The zero-order chi connectivity index (χ0) is 15.2. The third-order valence-electron chi connectivity index (χ3n) is 3.44. The molecule has 0 amide bonds. The van der Waals surface area contributed by atoms with Crippen LogP contribution in [0.25, 0.3) is 0 Å². The van der Waals surface area contributed by atoms with Gasteiger partial charge < -0.3 is 9.64 Å². The summed E-state index contributed by atoms with van der Waals surface area (Å²) in [6.45, 7) is 10.9. The molecule has 0 aromatic heterocycles. The monoisotopic (exact) mass is 277 g/mol. The van der Waals surface area contributed by atoms with E-state index in [0.717, 1.165) is 31.7 Å². The van der Waals surface area contributed by atoms with Crippen molar-refractivity contribution in [3.63, 3.8) is 0 Å². The molecular weight excluding hydrogens is 246 g/mol. The quantitative estimate of drug-likeness (QED) is 0.738. The summed E-state index contributed by atoms with van der Waals surface area (Å²) >= 11 is 0. The summed E-state index contributed by atoms with van der Waals surface area (Å²) in [5.41, 5.74) is 2.94. The molecule has 114 valence electrons. The van der Waals surface area contributed by atoms with E-state index in [1.54, 1.807) is 0 Å². The molecule has 1 rings (SSSR count). The molecule has 0 saturated heterocycles. The van der Waals surface area contributed by atoms with Crippen LogP contribution < -0.4 is 4.74 Å². The van der Waals surface area contributed by atoms with Gasteiger partial charge in [0.25, 0.3) is 0 Å². The Kier molecular flexibility index (Phi) is 6.54. The van der Waals surface area contributed by atoms with Crippen molar-refractivity contribution in [2.75, 3.05) is 27.2 Å². The lowest BCUT2D eigenvalue weighted by Crippen LogP contribution is -2.15. The number of benzene rings is 1. The highest BCUT2D eigenvalue weighted by Gasteiger charge is 2.16. The maximum atomic E-state index is 5.90.